The summed E-state index contributed by atoms with van der Waals surface area (Å²) in [5, 5.41) is 9.42. The lowest BCUT2D eigenvalue weighted by Crippen LogP contribution is -2.14. The summed E-state index contributed by atoms with van der Waals surface area (Å²) in [7, 11) is 1.87. The molecular formula is C13H15FN2O2. The van der Waals surface area contributed by atoms with Crippen LogP contribution in [0, 0.1) is 5.82 Å². The molecule has 0 aliphatic carbocycles. The van der Waals surface area contributed by atoms with E-state index in [1.54, 1.807) is 6.07 Å². The van der Waals surface area contributed by atoms with Gasteiger partial charge in [0.05, 0.1) is 0 Å². The SMILES string of the molecule is Cn1ccc2cc(F)c(C(N)CCC(=O)O)cc21. The molecule has 0 saturated carbocycles. The highest BCUT2D eigenvalue weighted by Crippen LogP contribution is 2.25. The van der Waals surface area contributed by atoms with Crippen molar-refractivity contribution in [1.82, 2.24) is 4.57 Å². The Morgan fingerprint density at radius 1 is 1.56 bits per heavy atom. The zero-order chi connectivity index (χ0) is 13.3. The Morgan fingerprint density at radius 2 is 2.28 bits per heavy atom. The smallest absolute Gasteiger partial charge is 0.303 e. The van der Waals surface area contributed by atoms with E-state index >= 15 is 0 Å². The van der Waals surface area contributed by atoms with Crippen LogP contribution in [0.5, 0.6) is 0 Å². The monoisotopic (exact) mass is 250 g/mol. The minimum absolute atomic E-state index is 0.0637. The molecule has 3 N–H and O–H groups in total. The van der Waals surface area contributed by atoms with Crippen molar-refractivity contribution >= 4 is 16.9 Å². The van der Waals surface area contributed by atoms with E-state index in [2.05, 4.69) is 0 Å². The summed E-state index contributed by atoms with van der Waals surface area (Å²) >= 11 is 0. The van der Waals surface area contributed by atoms with Gasteiger partial charge in [-0.1, -0.05) is 0 Å². The van der Waals surface area contributed by atoms with Crippen molar-refractivity contribution in [3.63, 3.8) is 0 Å². The van der Waals surface area contributed by atoms with Crippen LogP contribution in [0.15, 0.2) is 24.4 Å². The molecule has 2 rings (SSSR count). The highest BCUT2D eigenvalue weighted by molar-refractivity contribution is 5.81. The zero-order valence-corrected chi connectivity index (χ0v) is 10.1. The predicted molar refractivity (Wildman–Crippen MR) is 66.7 cm³/mol. The Kier molecular flexibility index (Phi) is 3.34. The van der Waals surface area contributed by atoms with Crippen LogP contribution in [0.25, 0.3) is 10.9 Å². The number of fused-ring (bicyclic) bond motifs is 1. The first-order valence-corrected chi connectivity index (χ1v) is 5.71. The number of aryl methyl sites for hydroxylation is 1. The van der Waals surface area contributed by atoms with Crippen molar-refractivity contribution < 1.29 is 14.3 Å². The van der Waals surface area contributed by atoms with Crippen LogP contribution >= 0.6 is 0 Å². The largest absolute Gasteiger partial charge is 0.481 e. The number of aromatic nitrogens is 1. The maximum Gasteiger partial charge on any atom is 0.303 e. The second-order valence-electron chi connectivity index (χ2n) is 4.40. The first-order valence-electron chi connectivity index (χ1n) is 5.71. The van der Waals surface area contributed by atoms with Crippen LogP contribution < -0.4 is 5.73 Å². The van der Waals surface area contributed by atoms with Crippen LogP contribution in [0.1, 0.15) is 24.4 Å². The lowest BCUT2D eigenvalue weighted by molar-refractivity contribution is -0.137. The molecule has 0 amide bonds. The first-order chi connectivity index (χ1) is 8.49. The van der Waals surface area contributed by atoms with Gasteiger partial charge in [-0.15, -0.1) is 0 Å². The molecule has 18 heavy (non-hydrogen) atoms. The molecule has 0 aliphatic rings. The minimum atomic E-state index is -0.925. The topological polar surface area (TPSA) is 68.2 Å². The van der Waals surface area contributed by atoms with Gasteiger partial charge in [-0.05, 0) is 24.6 Å². The fraction of sp³-hybridized carbons (Fsp3) is 0.308. The van der Waals surface area contributed by atoms with Gasteiger partial charge in [0, 0.05) is 42.2 Å². The van der Waals surface area contributed by atoms with Crippen LogP contribution in [-0.4, -0.2) is 15.6 Å². The lowest BCUT2D eigenvalue weighted by atomic mass is 10.0. The molecule has 2 aromatic rings. The Labute approximate surface area is 104 Å². The van der Waals surface area contributed by atoms with Gasteiger partial charge in [0.2, 0.25) is 0 Å². The fourth-order valence-electron chi connectivity index (χ4n) is 2.02. The van der Waals surface area contributed by atoms with Crippen molar-refractivity contribution in [2.45, 2.75) is 18.9 Å². The summed E-state index contributed by atoms with van der Waals surface area (Å²) in [5.41, 5.74) is 7.09. The van der Waals surface area contributed by atoms with Gasteiger partial charge in [0.1, 0.15) is 5.82 Å². The molecule has 0 saturated heterocycles. The number of benzene rings is 1. The summed E-state index contributed by atoms with van der Waals surface area (Å²) in [5.74, 6) is -1.31. The molecule has 4 nitrogen and oxygen atoms in total. The number of hydrogen-bond donors (Lipinski definition) is 2. The molecule has 1 aromatic heterocycles. The van der Waals surface area contributed by atoms with Crippen LogP contribution in [-0.2, 0) is 11.8 Å². The molecule has 1 atom stereocenters. The molecule has 1 unspecified atom stereocenters. The number of carboxylic acids is 1. The van der Waals surface area contributed by atoms with Gasteiger partial charge in [0.15, 0.2) is 0 Å². The van der Waals surface area contributed by atoms with Crippen molar-refractivity contribution in [3.05, 3.63) is 35.8 Å². The van der Waals surface area contributed by atoms with Gasteiger partial charge < -0.3 is 15.4 Å². The van der Waals surface area contributed by atoms with E-state index < -0.39 is 12.0 Å². The number of nitrogens with zero attached hydrogens (tertiary/aromatic N) is 1. The summed E-state index contributed by atoms with van der Waals surface area (Å²) < 4.78 is 15.7. The van der Waals surface area contributed by atoms with Crippen LogP contribution in [0.3, 0.4) is 0 Å². The summed E-state index contributed by atoms with van der Waals surface area (Å²) in [6, 6.07) is 4.35. The molecule has 1 aromatic carbocycles. The summed E-state index contributed by atoms with van der Waals surface area (Å²) in [6.45, 7) is 0. The Hall–Kier alpha value is -1.88. The highest BCUT2D eigenvalue weighted by atomic mass is 19.1. The molecule has 0 aliphatic heterocycles. The quantitative estimate of drug-likeness (QED) is 0.873. The van der Waals surface area contributed by atoms with Gasteiger partial charge in [-0.3, -0.25) is 4.79 Å². The minimum Gasteiger partial charge on any atom is -0.481 e. The third kappa shape index (κ3) is 2.36. The van der Waals surface area contributed by atoms with E-state index in [0.29, 0.717) is 5.56 Å². The summed E-state index contributed by atoms with van der Waals surface area (Å²) in [4.78, 5) is 10.5. The number of carbonyl (C=O) groups is 1. The summed E-state index contributed by atoms with van der Waals surface area (Å²) in [6.07, 6.45) is 2.00. The molecule has 0 fully saturated rings. The van der Waals surface area contributed by atoms with Gasteiger partial charge in [0.25, 0.3) is 0 Å². The van der Waals surface area contributed by atoms with E-state index in [4.69, 9.17) is 10.8 Å². The standard InChI is InChI=1S/C13H15FN2O2/c1-16-5-4-8-6-10(14)9(7-12(8)16)11(15)2-3-13(17)18/h4-7,11H,2-3,15H2,1H3,(H,17,18). The van der Waals surface area contributed by atoms with Crippen molar-refractivity contribution in [3.8, 4) is 0 Å². The van der Waals surface area contributed by atoms with Crippen molar-refractivity contribution in [2.75, 3.05) is 0 Å². The van der Waals surface area contributed by atoms with E-state index in [1.807, 2.05) is 23.9 Å². The molecule has 0 spiro atoms. The third-order valence-corrected chi connectivity index (χ3v) is 3.07. The average molecular weight is 250 g/mol. The van der Waals surface area contributed by atoms with Gasteiger partial charge >= 0.3 is 5.97 Å². The number of carboxylic acid groups (broad SMARTS) is 1. The Morgan fingerprint density at radius 3 is 2.94 bits per heavy atom. The van der Waals surface area contributed by atoms with E-state index in [0.717, 1.165) is 10.9 Å². The van der Waals surface area contributed by atoms with Crippen LogP contribution in [0.4, 0.5) is 4.39 Å². The maximum absolute atomic E-state index is 13.9. The molecule has 1 heterocycles. The average Bonchev–Trinajstić information content (AvgIpc) is 2.66. The van der Waals surface area contributed by atoms with Gasteiger partial charge in [-0.2, -0.15) is 0 Å². The number of nitrogens with two attached hydrogens (primary N) is 1. The fourth-order valence-corrected chi connectivity index (χ4v) is 2.02. The molecule has 0 bridgehead atoms. The number of rotatable bonds is 4. The van der Waals surface area contributed by atoms with E-state index in [-0.39, 0.29) is 18.7 Å². The Balaban J connectivity index is 2.34. The Bertz CT molecular complexity index is 592. The molecule has 96 valence electrons. The molecule has 0 radical (unpaired) electrons. The van der Waals surface area contributed by atoms with Crippen LogP contribution in [0.2, 0.25) is 0 Å². The highest BCUT2D eigenvalue weighted by Gasteiger charge is 2.15. The normalized spacial score (nSPS) is 12.8. The first kappa shape index (κ1) is 12.6. The van der Waals surface area contributed by atoms with E-state index in [9.17, 15) is 9.18 Å². The van der Waals surface area contributed by atoms with Gasteiger partial charge in [-0.25, -0.2) is 4.39 Å². The van der Waals surface area contributed by atoms with Crippen molar-refractivity contribution in [1.29, 1.82) is 0 Å². The number of aliphatic carboxylic acids is 1. The lowest BCUT2D eigenvalue weighted by Gasteiger charge is -2.12. The predicted octanol–water partition coefficient (Wildman–Crippen LogP) is 2.18. The number of halogens is 1. The second kappa shape index (κ2) is 4.78. The van der Waals surface area contributed by atoms with E-state index in [1.165, 1.54) is 6.07 Å². The molecular weight excluding hydrogens is 235 g/mol. The molecule has 5 heteroatoms. The maximum atomic E-state index is 13.9. The van der Waals surface area contributed by atoms with Crippen molar-refractivity contribution in [2.24, 2.45) is 12.8 Å². The zero-order valence-electron chi connectivity index (χ0n) is 10.1. The second-order valence-corrected chi connectivity index (χ2v) is 4.40. The number of hydrogen-bond acceptors (Lipinski definition) is 2. The third-order valence-electron chi connectivity index (χ3n) is 3.07.